The molecule has 0 aromatic heterocycles. The number of allylic oxidation sites excluding steroid dienone is 3. The average molecular weight is 282 g/mol. The highest BCUT2D eigenvalue weighted by molar-refractivity contribution is 5.97. The van der Waals surface area contributed by atoms with Crippen molar-refractivity contribution in [3.8, 4) is 0 Å². The predicted molar refractivity (Wildman–Crippen MR) is 89.2 cm³/mol. The van der Waals surface area contributed by atoms with E-state index < -0.39 is 0 Å². The van der Waals surface area contributed by atoms with Crippen LogP contribution in [0.3, 0.4) is 0 Å². The maximum absolute atomic E-state index is 12.3. The fraction of sp³-hybridized carbons (Fsp3) is 0.450. The van der Waals surface area contributed by atoms with Gasteiger partial charge < -0.3 is 0 Å². The van der Waals surface area contributed by atoms with E-state index in [1.54, 1.807) is 0 Å². The summed E-state index contributed by atoms with van der Waals surface area (Å²) in [5, 5.41) is 0. The van der Waals surface area contributed by atoms with Crippen LogP contribution >= 0.6 is 0 Å². The molecule has 1 aromatic rings. The van der Waals surface area contributed by atoms with Crippen molar-refractivity contribution in [2.24, 2.45) is 11.3 Å². The minimum atomic E-state index is 0.0264. The molecule has 1 aliphatic carbocycles. The Morgan fingerprint density at radius 3 is 2.43 bits per heavy atom. The first kappa shape index (κ1) is 15.8. The van der Waals surface area contributed by atoms with Crippen LogP contribution in [0.15, 0.2) is 53.6 Å². The van der Waals surface area contributed by atoms with Crippen LogP contribution in [0.25, 0.3) is 0 Å². The minimum Gasteiger partial charge on any atom is -0.295 e. The maximum atomic E-state index is 12.3. The van der Waals surface area contributed by atoms with Crippen LogP contribution in [0.4, 0.5) is 0 Å². The van der Waals surface area contributed by atoms with Gasteiger partial charge in [-0.15, -0.1) is 0 Å². The first-order valence-corrected chi connectivity index (χ1v) is 7.76. The van der Waals surface area contributed by atoms with Crippen molar-refractivity contribution in [2.75, 3.05) is 0 Å². The van der Waals surface area contributed by atoms with Gasteiger partial charge in [0.15, 0.2) is 5.78 Å². The van der Waals surface area contributed by atoms with Crippen LogP contribution in [-0.2, 0) is 11.2 Å². The number of Topliss-reactive ketones (excluding diaryl/α,β-unsaturated/α-hetero) is 1. The number of aryl methyl sites for hydroxylation is 1. The van der Waals surface area contributed by atoms with E-state index in [-0.39, 0.29) is 11.3 Å². The molecule has 0 amide bonds. The molecule has 1 heteroatoms. The van der Waals surface area contributed by atoms with Crippen LogP contribution in [0, 0.1) is 11.3 Å². The Labute approximate surface area is 128 Å². The van der Waals surface area contributed by atoms with Crippen molar-refractivity contribution in [3.63, 3.8) is 0 Å². The molecule has 1 atom stereocenters. The number of hydrogen-bond donors (Lipinski definition) is 0. The molecule has 0 spiro atoms. The quantitative estimate of drug-likeness (QED) is 0.700. The SMILES string of the molecule is C=C(C)[C@@H]1CC(=O)C(C)=C(CCc2ccccc2)C1(C)C. The summed E-state index contributed by atoms with van der Waals surface area (Å²) in [4.78, 5) is 12.3. The van der Waals surface area contributed by atoms with Crippen LogP contribution < -0.4 is 0 Å². The molecule has 0 fully saturated rings. The molecule has 1 nitrogen and oxygen atoms in total. The minimum absolute atomic E-state index is 0.0264. The molecule has 0 heterocycles. The highest BCUT2D eigenvalue weighted by Crippen LogP contribution is 2.47. The molecule has 0 bridgehead atoms. The fourth-order valence-corrected chi connectivity index (χ4v) is 3.67. The lowest BCUT2D eigenvalue weighted by molar-refractivity contribution is -0.117. The Kier molecular flexibility index (Phi) is 4.51. The van der Waals surface area contributed by atoms with Crippen LogP contribution in [-0.4, -0.2) is 5.78 Å². The van der Waals surface area contributed by atoms with Gasteiger partial charge in [0.2, 0.25) is 0 Å². The van der Waals surface area contributed by atoms with Gasteiger partial charge in [0, 0.05) is 6.42 Å². The van der Waals surface area contributed by atoms with E-state index in [9.17, 15) is 4.79 Å². The van der Waals surface area contributed by atoms with Gasteiger partial charge in [-0.1, -0.05) is 61.9 Å². The highest BCUT2D eigenvalue weighted by atomic mass is 16.1. The molecule has 2 rings (SSSR count). The zero-order chi connectivity index (χ0) is 15.6. The summed E-state index contributed by atoms with van der Waals surface area (Å²) in [6, 6.07) is 10.5. The summed E-state index contributed by atoms with van der Waals surface area (Å²) in [5.74, 6) is 0.560. The molecule has 0 saturated carbocycles. The predicted octanol–water partition coefficient (Wildman–Crippen LogP) is 5.13. The Hall–Kier alpha value is -1.63. The van der Waals surface area contributed by atoms with E-state index in [2.05, 4.69) is 51.6 Å². The molecule has 112 valence electrons. The number of hydrogen-bond acceptors (Lipinski definition) is 1. The van der Waals surface area contributed by atoms with E-state index in [1.807, 2.05) is 13.0 Å². The number of carbonyl (C=O) groups excluding carboxylic acids is 1. The first-order valence-electron chi connectivity index (χ1n) is 7.76. The first-order chi connectivity index (χ1) is 9.84. The van der Waals surface area contributed by atoms with Gasteiger partial charge in [0.1, 0.15) is 0 Å². The normalized spacial score (nSPS) is 21.5. The summed E-state index contributed by atoms with van der Waals surface area (Å²) < 4.78 is 0. The Morgan fingerprint density at radius 1 is 1.24 bits per heavy atom. The third-order valence-corrected chi connectivity index (χ3v) is 5.01. The monoisotopic (exact) mass is 282 g/mol. The van der Waals surface area contributed by atoms with E-state index in [0.29, 0.717) is 12.2 Å². The van der Waals surface area contributed by atoms with Gasteiger partial charge >= 0.3 is 0 Å². The van der Waals surface area contributed by atoms with Gasteiger partial charge in [0.25, 0.3) is 0 Å². The van der Waals surface area contributed by atoms with Gasteiger partial charge in [-0.05, 0) is 49.2 Å². The number of ketones is 1. The van der Waals surface area contributed by atoms with Crippen molar-refractivity contribution in [3.05, 3.63) is 59.2 Å². The van der Waals surface area contributed by atoms with Crippen LogP contribution in [0.5, 0.6) is 0 Å². The van der Waals surface area contributed by atoms with Crippen LogP contribution in [0.1, 0.15) is 46.1 Å². The molecule has 0 unspecified atom stereocenters. The highest BCUT2D eigenvalue weighted by Gasteiger charge is 2.40. The smallest absolute Gasteiger partial charge is 0.159 e. The molecule has 0 saturated heterocycles. The van der Waals surface area contributed by atoms with Gasteiger partial charge in [0.05, 0.1) is 0 Å². The summed E-state index contributed by atoms with van der Waals surface area (Å²) in [7, 11) is 0. The summed E-state index contributed by atoms with van der Waals surface area (Å²) >= 11 is 0. The second kappa shape index (κ2) is 6.01. The molecule has 21 heavy (non-hydrogen) atoms. The number of carbonyl (C=O) groups is 1. The molecule has 1 aromatic carbocycles. The fourth-order valence-electron chi connectivity index (χ4n) is 3.67. The Morgan fingerprint density at radius 2 is 1.86 bits per heavy atom. The summed E-state index contributed by atoms with van der Waals surface area (Å²) in [6.45, 7) is 12.7. The lowest BCUT2D eigenvalue weighted by Crippen LogP contribution is -2.35. The van der Waals surface area contributed by atoms with Crippen molar-refractivity contribution in [1.29, 1.82) is 0 Å². The van der Waals surface area contributed by atoms with E-state index in [1.165, 1.54) is 11.1 Å². The zero-order valence-electron chi connectivity index (χ0n) is 13.7. The third-order valence-electron chi connectivity index (χ3n) is 5.01. The Bertz CT molecular complexity index is 575. The average Bonchev–Trinajstić information content (AvgIpc) is 2.43. The summed E-state index contributed by atoms with van der Waals surface area (Å²) in [5.41, 5.74) is 4.78. The molecule has 0 aliphatic heterocycles. The van der Waals surface area contributed by atoms with E-state index in [4.69, 9.17) is 0 Å². The van der Waals surface area contributed by atoms with Crippen molar-refractivity contribution in [1.82, 2.24) is 0 Å². The largest absolute Gasteiger partial charge is 0.295 e. The maximum Gasteiger partial charge on any atom is 0.159 e. The lowest BCUT2D eigenvalue weighted by atomic mass is 9.62. The zero-order valence-corrected chi connectivity index (χ0v) is 13.7. The molecular weight excluding hydrogens is 256 g/mol. The van der Waals surface area contributed by atoms with Crippen molar-refractivity contribution in [2.45, 2.75) is 47.0 Å². The summed E-state index contributed by atoms with van der Waals surface area (Å²) in [6.07, 6.45) is 2.56. The topological polar surface area (TPSA) is 17.1 Å². The van der Waals surface area contributed by atoms with Crippen molar-refractivity contribution >= 4 is 5.78 Å². The van der Waals surface area contributed by atoms with E-state index >= 15 is 0 Å². The molecular formula is C20H26O. The van der Waals surface area contributed by atoms with Crippen LogP contribution in [0.2, 0.25) is 0 Å². The number of rotatable bonds is 4. The van der Waals surface area contributed by atoms with Gasteiger partial charge in [-0.3, -0.25) is 4.79 Å². The molecule has 1 aliphatic rings. The van der Waals surface area contributed by atoms with Gasteiger partial charge in [-0.2, -0.15) is 0 Å². The standard InChI is InChI=1S/C20H26O/c1-14(2)18-13-19(21)15(3)17(20(18,4)5)12-11-16-9-7-6-8-10-16/h6-10,18H,1,11-13H2,2-5H3/t18-/m0/s1. The Balaban J connectivity index is 2.27. The van der Waals surface area contributed by atoms with Gasteiger partial charge in [-0.25, -0.2) is 0 Å². The lowest BCUT2D eigenvalue weighted by Gasteiger charge is -2.42. The van der Waals surface area contributed by atoms with Crippen molar-refractivity contribution < 1.29 is 4.79 Å². The molecule has 0 N–H and O–H groups in total. The second-order valence-electron chi connectivity index (χ2n) is 6.84. The second-order valence-corrected chi connectivity index (χ2v) is 6.84. The van der Waals surface area contributed by atoms with E-state index in [0.717, 1.165) is 24.0 Å². The number of benzene rings is 1. The molecule has 0 radical (unpaired) electrons. The third kappa shape index (κ3) is 3.18.